The maximum absolute atomic E-state index is 13.6. The Kier molecular flexibility index (Phi) is 6.82. The number of thiophene rings is 1. The number of nitrogens with two attached hydrogens (primary N) is 1. The minimum Gasteiger partial charge on any atom is -0.477 e. The summed E-state index contributed by atoms with van der Waals surface area (Å²) in [5.41, 5.74) is 9.65. The maximum atomic E-state index is 13.6. The third kappa shape index (κ3) is 5.01. The fourth-order valence-corrected chi connectivity index (χ4v) is 6.21. The first-order chi connectivity index (χ1) is 17.7. The van der Waals surface area contributed by atoms with E-state index in [0.717, 1.165) is 58.4 Å². The number of nitrogens with zero attached hydrogens (tertiary/aromatic N) is 1. The number of nitrogen functional groups attached to an aromatic ring is 1. The predicted octanol–water partition coefficient (Wildman–Crippen LogP) is 7.68. The minimum atomic E-state index is -1.01. The van der Waals surface area contributed by atoms with Gasteiger partial charge >= 0.3 is 5.97 Å². The van der Waals surface area contributed by atoms with Crippen molar-refractivity contribution in [2.24, 2.45) is 11.8 Å². The second kappa shape index (κ2) is 10.1. The number of amides is 1. The fraction of sp³-hybridized carbons (Fsp3) is 0.333. The number of hydrogen-bond acceptors (Lipinski definition) is 5. The number of hydrogen-bond donors (Lipinski definition) is 2. The van der Waals surface area contributed by atoms with Crippen LogP contribution in [0.3, 0.4) is 0 Å². The molecule has 3 N–H and O–H groups in total. The summed E-state index contributed by atoms with van der Waals surface area (Å²) in [5, 5.41) is 11.0. The molecule has 0 aliphatic heterocycles. The van der Waals surface area contributed by atoms with Crippen LogP contribution in [0.2, 0.25) is 0 Å². The average Bonchev–Trinajstić information content (AvgIpc) is 3.49. The fourth-order valence-electron chi connectivity index (χ4n) is 5.21. The van der Waals surface area contributed by atoms with E-state index in [0.29, 0.717) is 17.3 Å². The Morgan fingerprint density at radius 1 is 1.00 bits per heavy atom. The van der Waals surface area contributed by atoms with Gasteiger partial charge in [0.1, 0.15) is 16.2 Å². The first-order valence-electron chi connectivity index (χ1n) is 12.8. The topological polar surface area (TPSA) is 96.8 Å². The number of carboxylic acid groups (broad SMARTS) is 1. The summed E-state index contributed by atoms with van der Waals surface area (Å²) in [5.74, 6) is 0.347. The monoisotopic (exact) mass is 516 g/mol. The number of rotatable bonds is 6. The summed E-state index contributed by atoms with van der Waals surface area (Å²) < 4.78 is 5.98. The molecule has 7 heteroatoms. The van der Waals surface area contributed by atoms with Gasteiger partial charge in [0.25, 0.3) is 0 Å². The number of anilines is 2. The van der Waals surface area contributed by atoms with Crippen molar-refractivity contribution in [3.8, 4) is 21.8 Å². The number of benzene rings is 2. The zero-order valence-corrected chi connectivity index (χ0v) is 22.2. The first kappa shape index (κ1) is 25.1. The van der Waals surface area contributed by atoms with E-state index in [-0.39, 0.29) is 22.7 Å². The van der Waals surface area contributed by atoms with Crippen LogP contribution in [-0.2, 0) is 4.79 Å². The predicted molar refractivity (Wildman–Crippen MR) is 150 cm³/mol. The molecule has 0 atom stereocenters. The summed E-state index contributed by atoms with van der Waals surface area (Å²) in [7, 11) is 0. The van der Waals surface area contributed by atoms with Gasteiger partial charge in [-0.05, 0) is 81.3 Å². The van der Waals surface area contributed by atoms with Crippen LogP contribution in [0.15, 0.2) is 59.0 Å². The molecule has 37 heavy (non-hydrogen) atoms. The van der Waals surface area contributed by atoms with Crippen molar-refractivity contribution < 1.29 is 19.1 Å². The Balaban J connectivity index is 1.46. The van der Waals surface area contributed by atoms with Gasteiger partial charge in [-0.15, -0.1) is 11.3 Å². The minimum absolute atomic E-state index is 0.0367. The quantitative estimate of drug-likeness (QED) is 0.256. The lowest BCUT2D eigenvalue weighted by molar-refractivity contribution is -0.123. The van der Waals surface area contributed by atoms with Gasteiger partial charge in [-0.3, -0.25) is 4.79 Å². The lowest BCUT2D eigenvalue weighted by atomic mass is 9.82. The third-order valence-corrected chi connectivity index (χ3v) is 8.44. The zero-order valence-electron chi connectivity index (χ0n) is 21.4. The van der Waals surface area contributed by atoms with Crippen LogP contribution < -0.4 is 10.6 Å². The van der Waals surface area contributed by atoms with Crippen molar-refractivity contribution >= 4 is 45.6 Å². The molecule has 6 nitrogen and oxygen atoms in total. The molecule has 1 fully saturated rings. The number of aromatic carboxylic acids is 1. The molecule has 2 aromatic heterocycles. The van der Waals surface area contributed by atoms with E-state index in [1.807, 2.05) is 68.4 Å². The standard InChI is InChI=1S/C30H32N2O4S/c1-17(2)32(29(33)21-6-4-18(3)5-7-21)24-16-27(37-28(24)30(34)35)20-10-8-19(9-11-20)26-15-22-14-23(31)12-13-25(22)36-26/h8-18,21H,4-7,31H2,1-3H3,(H,34,35)/t18-,21-. The molecule has 4 aromatic rings. The Hall–Kier alpha value is -3.58. The first-order valence-corrected chi connectivity index (χ1v) is 13.6. The highest BCUT2D eigenvalue weighted by atomic mass is 32.1. The van der Waals surface area contributed by atoms with Gasteiger partial charge in [0.15, 0.2) is 0 Å². The Morgan fingerprint density at radius 2 is 1.68 bits per heavy atom. The van der Waals surface area contributed by atoms with E-state index in [1.165, 1.54) is 11.3 Å². The zero-order chi connectivity index (χ0) is 26.3. The Bertz CT molecular complexity index is 1440. The van der Waals surface area contributed by atoms with Gasteiger partial charge in [-0.2, -0.15) is 0 Å². The van der Waals surface area contributed by atoms with Gasteiger partial charge in [0.2, 0.25) is 5.91 Å². The second-order valence-electron chi connectivity index (χ2n) is 10.4. The maximum Gasteiger partial charge on any atom is 0.348 e. The number of carboxylic acids is 1. The van der Waals surface area contributed by atoms with Crippen molar-refractivity contribution in [1.29, 1.82) is 0 Å². The molecule has 0 bridgehead atoms. The van der Waals surface area contributed by atoms with Gasteiger partial charge in [-0.1, -0.05) is 31.2 Å². The van der Waals surface area contributed by atoms with Crippen LogP contribution in [0.1, 0.15) is 56.1 Å². The summed E-state index contributed by atoms with van der Waals surface area (Å²) in [4.78, 5) is 28.5. The van der Waals surface area contributed by atoms with E-state index >= 15 is 0 Å². The molecule has 0 radical (unpaired) electrons. The number of furan rings is 1. The molecule has 2 aromatic carbocycles. The average molecular weight is 517 g/mol. The van der Waals surface area contributed by atoms with Crippen molar-refractivity contribution in [3.05, 3.63) is 59.5 Å². The molecular formula is C30H32N2O4S. The lowest BCUT2D eigenvalue weighted by Gasteiger charge is -2.33. The summed E-state index contributed by atoms with van der Waals surface area (Å²) in [6.45, 7) is 6.12. The second-order valence-corrected chi connectivity index (χ2v) is 11.4. The molecule has 0 saturated heterocycles. The number of fused-ring (bicyclic) bond motifs is 1. The molecular weight excluding hydrogens is 484 g/mol. The normalized spacial score (nSPS) is 17.8. The lowest BCUT2D eigenvalue weighted by Crippen LogP contribution is -2.42. The number of carbonyl (C=O) groups is 2. The molecule has 1 saturated carbocycles. The largest absolute Gasteiger partial charge is 0.477 e. The van der Waals surface area contributed by atoms with Crippen LogP contribution >= 0.6 is 11.3 Å². The molecule has 1 aliphatic carbocycles. The van der Waals surface area contributed by atoms with E-state index in [9.17, 15) is 14.7 Å². The molecule has 0 unspecified atom stereocenters. The van der Waals surface area contributed by atoms with Crippen LogP contribution in [0.5, 0.6) is 0 Å². The Morgan fingerprint density at radius 3 is 2.32 bits per heavy atom. The van der Waals surface area contributed by atoms with Gasteiger partial charge in [0.05, 0.1) is 5.69 Å². The van der Waals surface area contributed by atoms with Gasteiger partial charge < -0.3 is 20.2 Å². The van der Waals surface area contributed by atoms with Gasteiger partial charge in [-0.25, -0.2) is 4.79 Å². The van der Waals surface area contributed by atoms with E-state index in [1.54, 1.807) is 4.90 Å². The van der Waals surface area contributed by atoms with Crippen molar-refractivity contribution in [2.45, 2.75) is 52.5 Å². The summed E-state index contributed by atoms with van der Waals surface area (Å²) in [6.07, 6.45) is 3.79. The van der Waals surface area contributed by atoms with E-state index < -0.39 is 5.97 Å². The van der Waals surface area contributed by atoms with Crippen LogP contribution in [0.4, 0.5) is 11.4 Å². The van der Waals surface area contributed by atoms with Crippen molar-refractivity contribution in [1.82, 2.24) is 0 Å². The van der Waals surface area contributed by atoms with Crippen LogP contribution in [0, 0.1) is 11.8 Å². The van der Waals surface area contributed by atoms with E-state index in [4.69, 9.17) is 10.2 Å². The molecule has 0 spiro atoms. The molecule has 192 valence electrons. The highest BCUT2D eigenvalue weighted by molar-refractivity contribution is 7.18. The Labute approximate surface area is 220 Å². The molecule has 1 aliphatic rings. The summed E-state index contributed by atoms with van der Waals surface area (Å²) in [6, 6.07) is 17.1. The third-order valence-electron chi connectivity index (χ3n) is 7.28. The SMILES string of the molecule is CC(C)N(c1cc(-c2ccc(-c3cc4cc(N)ccc4o3)cc2)sc1C(=O)O)C(=O)[C@H]1CC[C@H](C)CC1. The van der Waals surface area contributed by atoms with Gasteiger partial charge in [0, 0.05) is 33.5 Å². The van der Waals surface area contributed by atoms with E-state index in [2.05, 4.69) is 6.92 Å². The highest BCUT2D eigenvalue weighted by Crippen LogP contribution is 2.40. The smallest absolute Gasteiger partial charge is 0.348 e. The molecule has 5 rings (SSSR count). The highest BCUT2D eigenvalue weighted by Gasteiger charge is 2.33. The van der Waals surface area contributed by atoms with Crippen LogP contribution in [0.25, 0.3) is 32.7 Å². The van der Waals surface area contributed by atoms with Crippen LogP contribution in [-0.4, -0.2) is 23.0 Å². The summed E-state index contributed by atoms with van der Waals surface area (Å²) >= 11 is 1.21. The van der Waals surface area contributed by atoms with Crippen molar-refractivity contribution in [2.75, 3.05) is 10.6 Å². The molecule has 1 amide bonds. The number of carbonyl (C=O) groups excluding carboxylic acids is 1. The molecule has 2 heterocycles. The van der Waals surface area contributed by atoms with Crippen molar-refractivity contribution in [3.63, 3.8) is 0 Å².